The van der Waals surface area contributed by atoms with Crippen molar-refractivity contribution in [3.8, 4) is 11.5 Å². The van der Waals surface area contributed by atoms with Gasteiger partial charge in [-0.3, -0.25) is 4.79 Å². The van der Waals surface area contributed by atoms with E-state index in [4.69, 9.17) is 14.2 Å². The zero-order chi connectivity index (χ0) is 34.3. The molecule has 5 rings (SSSR count). The molecule has 5 aromatic rings. The van der Waals surface area contributed by atoms with E-state index in [-0.39, 0.29) is 26.1 Å². The Bertz CT molecular complexity index is 1790. The van der Waals surface area contributed by atoms with Gasteiger partial charge in [0.05, 0.1) is 0 Å². The fourth-order valence-electron chi connectivity index (χ4n) is 5.06. The monoisotopic (exact) mass is 658 g/mol. The smallest absolute Gasteiger partial charge is 0.408 e. The lowest BCUT2D eigenvalue weighted by atomic mass is 10.0. The van der Waals surface area contributed by atoms with Gasteiger partial charge >= 0.3 is 12.1 Å². The molecule has 2 amide bonds. The van der Waals surface area contributed by atoms with Crippen molar-refractivity contribution in [2.45, 2.75) is 44.7 Å². The molecule has 0 spiro atoms. The SMILES string of the molecule is O=C(N[C@H](Cc1ccccc1)C(=O)N[C@H](Cc1ccc(OCc2ccccc2)c(OCc2ccccc2)c1)C(=O)O)OCc1ccccc1. The zero-order valence-electron chi connectivity index (χ0n) is 26.9. The first-order valence-corrected chi connectivity index (χ1v) is 15.9. The number of amides is 2. The minimum Gasteiger partial charge on any atom is -0.485 e. The summed E-state index contributed by atoms with van der Waals surface area (Å²) in [4.78, 5) is 38.8. The van der Waals surface area contributed by atoms with Crippen LogP contribution in [0.15, 0.2) is 140 Å². The molecule has 0 fully saturated rings. The second kappa shape index (κ2) is 17.7. The number of ether oxygens (including phenoxy) is 3. The normalized spacial score (nSPS) is 11.8. The molecule has 0 aliphatic heterocycles. The van der Waals surface area contributed by atoms with Crippen molar-refractivity contribution in [3.63, 3.8) is 0 Å². The number of alkyl carbamates (subject to hydrolysis) is 1. The summed E-state index contributed by atoms with van der Waals surface area (Å²) in [5.41, 5.74) is 4.12. The Hall–Kier alpha value is -6.09. The first kappa shape index (κ1) is 34.3. The fraction of sp³-hybridized carbons (Fsp3) is 0.175. The number of hydrogen-bond donors (Lipinski definition) is 3. The molecule has 0 radical (unpaired) electrons. The van der Waals surface area contributed by atoms with E-state index in [9.17, 15) is 19.5 Å². The summed E-state index contributed by atoms with van der Waals surface area (Å²) in [7, 11) is 0. The molecule has 0 aliphatic rings. The second-order valence-electron chi connectivity index (χ2n) is 11.4. The quantitative estimate of drug-likeness (QED) is 0.111. The number of benzene rings is 5. The van der Waals surface area contributed by atoms with Crippen molar-refractivity contribution < 1.29 is 33.7 Å². The van der Waals surface area contributed by atoms with Gasteiger partial charge in [-0.1, -0.05) is 127 Å². The highest BCUT2D eigenvalue weighted by Gasteiger charge is 2.28. The van der Waals surface area contributed by atoms with E-state index in [0.717, 1.165) is 22.3 Å². The standard InChI is InChI=1S/C40H38N2O7/c43-38(34(23-29-13-5-1-6-14-29)42-40(46)49-28-32-19-11-4-12-20-32)41-35(39(44)45)24-33-21-22-36(47-26-30-15-7-2-8-16-30)37(25-33)48-27-31-17-9-3-10-18-31/h1-22,25,34-35H,23-24,26-28H2,(H,41,43)(H,42,46)(H,44,45)/t34-,35-/m1/s1. The van der Waals surface area contributed by atoms with Crippen LogP contribution in [0.5, 0.6) is 11.5 Å². The van der Waals surface area contributed by atoms with Crippen molar-refractivity contribution in [3.05, 3.63) is 167 Å². The molecule has 0 heterocycles. The lowest BCUT2D eigenvalue weighted by molar-refractivity contribution is -0.142. The predicted octanol–water partition coefficient (Wildman–Crippen LogP) is 6.49. The first-order valence-electron chi connectivity index (χ1n) is 15.9. The number of rotatable bonds is 16. The summed E-state index contributed by atoms with van der Waals surface area (Å²) in [6.45, 7) is 0.613. The minimum atomic E-state index is -1.30. The minimum absolute atomic E-state index is 0.0177. The average molecular weight is 659 g/mol. The van der Waals surface area contributed by atoms with Crippen LogP contribution >= 0.6 is 0 Å². The van der Waals surface area contributed by atoms with Crippen LogP contribution in [-0.2, 0) is 47.0 Å². The Kier molecular flexibility index (Phi) is 12.4. The summed E-state index contributed by atoms with van der Waals surface area (Å²) >= 11 is 0. The molecule has 49 heavy (non-hydrogen) atoms. The molecule has 0 aliphatic carbocycles. The molecule has 250 valence electrons. The second-order valence-corrected chi connectivity index (χ2v) is 11.4. The van der Waals surface area contributed by atoms with Gasteiger partial charge in [-0.2, -0.15) is 0 Å². The Morgan fingerprint density at radius 2 is 0.980 bits per heavy atom. The molecule has 2 atom stereocenters. The fourth-order valence-corrected chi connectivity index (χ4v) is 5.06. The highest BCUT2D eigenvalue weighted by Crippen LogP contribution is 2.31. The van der Waals surface area contributed by atoms with Crippen molar-refractivity contribution in [1.29, 1.82) is 0 Å². The number of hydrogen-bond acceptors (Lipinski definition) is 6. The van der Waals surface area contributed by atoms with Crippen LogP contribution in [0.2, 0.25) is 0 Å². The Labute approximate surface area is 285 Å². The van der Waals surface area contributed by atoms with Crippen LogP contribution in [0.3, 0.4) is 0 Å². The molecule has 3 N–H and O–H groups in total. The summed E-state index contributed by atoms with van der Waals surface area (Å²) in [6, 6.07) is 40.5. The van der Waals surface area contributed by atoms with Crippen LogP contribution in [0.4, 0.5) is 4.79 Å². The predicted molar refractivity (Wildman–Crippen MR) is 185 cm³/mol. The van der Waals surface area contributed by atoms with E-state index >= 15 is 0 Å². The van der Waals surface area contributed by atoms with E-state index in [1.165, 1.54) is 0 Å². The van der Waals surface area contributed by atoms with Gasteiger partial charge in [0, 0.05) is 12.8 Å². The average Bonchev–Trinajstić information content (AvgIpc) is 3.13. The molecule has 0 saturated heterocycles. The summed E-state index contributed by atoms with van der Waals surface area (Å²) in [5, 5.41) is 15.4. The molecule has 9 nitrogen and oxygen atoms in total. The van der Waals surface area contributed by atoms with Crippen LogP contribution in [0.25, 0.3) is 0 Å². The molecule has 0 aromatic heterocycles. The third-order valence-electron chi connectivity index (χ3n) is 7.64. The van der Waals surface area contributed by atoms with Gasteiger partial charge in [0.25, 0.3) is 0 Å². The van der Waals surface area contributed by atoms with Gasteiger partial charge < -0.3 is 30.0 Å². The Morgan fingerprint density at radius 3 is 1.51 bits per heavy atom. The van der Waals surface area contributed by atoms with Crippen LogP contribution in [0, 0.1) is 0 Å². The summed E-state index contributed by atoms with van der Waals surface area (Å²) in [5.74, 6) is -0.941. The first-order chi connectivity index (χ1) is 23.9. The third-order valence-corrected chi connectivity index (χ3v) is 7.64. The van der Waals surface area contributed by atoms with Crippen molar-refractivity contribution in [1.82, 2.24) is 10.6 Å². The van der Waals surface area contributed by atoms with Crippen LogP contribution in [0.1, 0.15) is 27.8 Å². The third kappa shape index (κ3) is 11.0. The van der Waals surface area contributed by atoms with Gasteiger partial charge in [0.15, 0.2) is 11.5 Å². The lowest BCUT2D eigenvalue weighted by Crippen LogP contribution is -2.53. The summed E-state index contributed by atoms with van der Waals surface area (Å²) < 4.78 is 17.6. The number of nitrogens with one attached hydrogen (secondary N) is 2. The summed E-state index contributed by atoms with van der Waals surface area (Å²) in [6.07, 6.45) is -0.707. The van der Waals surface area contributed by atoms with Crippen molar-refractivity contribution in [2.24, 2.45) is 0 Å². The van der Waals surface area contributed by atoms with E-state index in [1.54, 1.807) is 18.2 Å². The molecular formula is C40H38N2O7. The van der Waals surface area contributed by atoms with Crippen molar-refractivity contribution >= 4 is 18.0 Å². The van der Waals surface area contributed by atoms with E-state index < -0.39 is 30.1 Å². The Balaban J connectivity index is 1.29. The van der Waals surface area contributed by atoms with Crippen molar-refractivity contribution in [2.75, 3.05) is 0 Å². The highest BCUT2D eigenvalue weighted by atomic mass is 16.5. The topological polar surface area (TPSA) is 123 Å². The lowest BCUT2D eigenvalue weighted by Gasteiger charge is -2.22. The van der Waals surface area contributed by atoms with Gasteiger partial charge in [-0.15, -0.1) is 0 Å². The maximum Gasteiger partial charge on any atom is 0.408 e. The van der Waals surface area contributed by atoms with Gasteiger partial charge in [-0.05, 0) is 39.9 Å². The number of carbonyl (C=O) groups excluding carboxylic acids is 2. The molecule has 9 heteroatoms. The maximum absolute atomic E-state index is 13.6. The van der Waals surface area contributed by atoms with Gasteiger partial charge in [0.2, 0.25) is 5.91 Å². The van der Waals surface area contributed by atoms with E-state index in [0.29, 0.717) is 23.7 Å². The number of carboxylic acid groups (broad SMARTS) is 1. The van der Waals surface area contributed by atoms with Crippen LogP contribution < -0.4 is 20.1 Å². The molecule has 0 saturated carbocycles. The van der Waals surface area contributed by atoms with Gasteiger partial charge in [-0.25, -0.2) is 9.59 Å². The van der Waals surface area contributed by atoms with Gasteiger partial charge in [0.1, 0.15) is 31.9 Å². The largest absolute Gasteiger partial charge is 0.485 e. The number of carbonyl (C=O) groups is 3. The Morgan fingerprint density at radius 1 is 0.510 bits per heavy atom. The van der Waals surface area contributed by atoms with E-state index in [1.807, 2.05) is 121 Å². The maximum atomic E-state index is 13.6. The molecular weight excluding hydrogens is 620 g/mol. The number of carboxylic acids is 1. The van der Waals surface area contributed by atoms with E-state index in [2.05, 4.69) is 10.6 Å². The molecule has 5 aromatic carbocycles. The molecule has 0 unspecified atom stereocenters. The zero-order valence-corrected chi connectivity index (χ0v) is 26.9. The van der Waals surface area contributed by atoms with Crippen LogP contribution in [-0.4, -0.2) is 35.2 Å². The number of aliphatic carboxylic acids is 1. The molecule has 0 bridgehead atoms. The highest BCUT2D eigenvalue weighted by molar-refractivity contribution is 5.89.